The van der Waals surface area contributed by atoms with Crippen molar-refractivity contribution >= 4 is 23.3 Å². The lowest BCUT2D eigenvalue weighted by atomic mass is 10.1. The zero-order valence-electron chi connectivity index (χ0n) is 18.2. The second-order valence-corrected chi connectivity index (χ2v) is 8.27. The Labute approximate surface area is 205 Å². The number of nitrogens with zero attached hydrogens (tertiary/aromatic N) is 3. The zero-order valence-corrected chi connectivity index (χ0v) is 18.9. The van der Waals surface area contributed by atoms with E-state index in [0.29, 0.717) is 24.3 Å². The standard InChI is InChI=1S/C24H20ClF2N3O4.CH4/c1-14-4-5-15(21(31)24(33)29-8-2-3-9-29)10-19(14)30-13-28-22(20(25)23(30)32)34-12-16-6-7-17(26)11-18(16)27;/h4-7,10-11,13H,2-3,8-9,12H2,1H3;1H4. The van der Waals surface area contributed by atoms with Crippen molar-refractivity contribution in [2.24, 2.45) is 0 Å². The SMILES string of the molecule is C.Cc1ccc(C(=O)C(=O)N2CCCC2)cc1-n1cnc(OCc2ccc(F)cc2F)c(Cl)c1=O. The van der Waals surface area contributed by atoms with E-state index in [1.54, 1.807) is 13.0 Å². The van der Waals surface area contributed by atoms with Crippen molar-refractivity contribution in [3.63, 3.8) is 0 Å². The number of ketones is 1. The van der Waals surface area contributed by atoms with Crippen LogP contribution in [0.2, 0.25) is 5.02 Å². The van der Waals surface area contributed by atoms with Crippen molar-refractivity contribution in [2.45, 2.75) is 33.8 Å². The van der Waals surface area contributed by atoms with Gasteiger partial charge in [0.1, 0.15) is 24.6 Å². The van der Waals surface area contributed by atoms with E-state index in [-0.39, 0.29) is 36.1 Å². The van der Waals surface area contributed by atoms with Gasteiger partial charge >= 0.3 is 0 Å². The topological polar surface area (TPSA) is 81.5 Å². The van der Waals surface area contributed by atoms with Crippen LogP contribution < -0.4 is 10.3 Å². The molecule has 1 saturated heterocycles. The quantitative estimate of drug-likeness (QED) is 0.365. The number of hydrogen-bond acceptors (Lipinski definition) is 5. The van der Waals surface area contributed by atoms with E-state index in [0.717, 1.165) is 29.5 Å². The maximum absolute atomic E-state index is 13.8. The van der Waals surface area contributed by atoms with Gasteiger partial charge < -0.3 is 9.64 Å². The first-order chi connectivity index (χ1) is 16.3. The number of carbonyl (C=O) groups excluding carboxylic acids is 2. The van der Waals surface area contributed by atoms with Crippen molar-refractivity contribution in [1.82, 2.24) is 14.5 Å². The summed E-state index contributed by atoms with van der Waals surface area (Å²) in [6, 6.07) is 7.62. The van der Waals surface area contributed by atoms with E-state index in [1.807, 2.05) is 0 Å². The fourth-order valence-electron chi connectivity index (χ4n) is 3.67. The molecule has 0 saturated carbocycles. The minimum atomic E-state index is -0.801. The second kappa shape index (κ2) is 10.8. The highest BCUT2D eigenvalue weighted by molar-refractivity contribution is 6.42. The van der Waals surface area contributed by atoms with E-state index in [4.69, 9.17) is 16.3 Å². The summed E-state index contributed by atoms with van der Waals surface area (Å²) in [7, 11) is 0. The zero-order chi connectivity index (χ0) is 24.4. The number of hydrogen-bond donors (Lipinski definition) is 0. The van der Waals surface area contributed by atoms with Crippen molar-refractivity contribution in [3.8, 4) is 11.6 Å². The molecule has 0 bridgehead atoms. The maximum Gasteiger partial charge on any atom is 0.294 e. The van der Waals surface area contributed by atoms with Gasteiger partial charge in [0.25, 0.3) is 11.5 Å². The number of carbonyl (C=O) groups is 2. The second-order valence-electron chi connectivity index (χ2n) is 7.89. The van der Waals surface area contributed by atoms with Crippen LogP contribution >= 0.6 is 11.6 Å². The molecule has 2 heterocycles. The highest BCUT2D eigenvalue weighted by Crippen LogP contribution is 2.22. The van der Waals surface area contributed by atoms with Crippen LogP contribution in [0.15, 0.2) is 47.5 Å². The van der Waals surface area contributed by atoms with Gasteiger partial charge in [0.05, 0.1) is 5.69 Å². The normalized spacial score (nSPS) is 12.9. The lowest BCUT2D eigenvalue weighted by molar-refractivity contribution is -0.125. The van der Waals surface area contributed by atoms with Crippen LogP contribution in [0.3, 0.4) is 0 Å². The van der Waals surface area contributed by atoms with Gasteiger partial charge in [0, 0.05) is 30.3 Å². The molecule has 0 radical (unpaired) electrons. The highest BCUT2D eigenvalue weighted by Gasteiger charge is 2.26. The van der Waals surface area contributed by atoms with E-state index in [1.165, 1.54) is 29.4 Å². The van der Waals surface area contributed by atoms with E-state index < -0.39 is 28.9 Å². The molecule has 1 aromatic heterocycles. The van der Waals surface area contributed by atoms with E-state index >= 15 is 0 Å². The Hall–Kier alpha value is -3.59. The third kappa shape index (κ3) is 5.40. The Kier molecular flexibility index (Phi) is 8.01. The van der Waals surface area contributed by atoms with Gasteiger partial charge in [0.2, 0.25) is 11.7 Å². The van der Waals surface area contributed by atoms with Crippen molar-refractivity contribution < 1.29 is 23.1 Å². The van der Waals surface area contributed by atoms with Crippen molar-refractivity contribution in [2.75, 3.05) is 13.1 Å². The molecule has 0 spiro atoms. The van der Waals surface area contributed by atoms with Gasteiger partial charge in [-0.2, -0.15) is 0 Å². The van der Waals surface area contributed by atoms with Crippen LogP contribution in [0.25, 0.3) is 5.69 Å². The number of halogens is 3. The molecule has 1 aliphatic rings. The Morgan fingerprint density at radius 3 is 2.51 bits per heavy atom. The third-order valence-corrected chi connectivity index (χ3v) is 5.91. The summed E-state index contributed by atoms with van der Waals surface area (Å²) in [5.41, 5.74) is 0.508. The fourth-order valence-corrected chi connectivity index (χ4v) is 3.87. The van der Waals surface area contributed by atoms with Crippen molar-refractivity contribution in [3.05, 3.63) is 86.4 Å². The molecule has 2 aromatic carbocycles. The molecular weight excluding hydrogens is 480 g/mol. The molecule has 0 aliphatic carbocycles. The molecule has 7 nitrogen and oxygen atoms in total. The maximum atomic E-state index is 13.8. The van der Waals surface area contributed by atoms with Gasteiger partial charge in [-0.1, -0.05) is 31.2 Å². The number of rotatable bonds is 6. The number of likely N-dealkylation sites (tertiary alicyclic amines) is 1. The Balaban J connectivity index is 0.00000342. The average Bonchev–Trinajstić information content (AvgIpc) is 3.36. The number of ether oxygens (including phenoxy) is 1. The fraction of sp³-hybridized carbons (Fsp3) is 0.280. The lowest BCUT2D eigenvalue weighted by Crippen LogP contribution is -2.34. The summed E-state index contributed by atoms with van der Waals surface area (Å²) < 4.78 is 33.4. The Morgan fingerprint density at radius 2 is 1.83 bits per heavy atom. The lowest BCUT2D eigenvalue weighted by Gasteiger charge is -2.15. The van der Waals surface area contributed by atoms with E-state index in [9.17, 15) is 23.2 Å². The van der Waals surface area contributed by atoms with Gasteiger partial charge in [-0.25, -0.2) is 13.8 Å². The molecular formula is C25H24ClF2N3O4. The summed E-state index contributed by atoms with van der Waals surface area (Å²) in [4.78, 5) is 43.7. The first kappa shape index (κ1) is 26.0. The van der Waals surface area contributed by atoms with Gasteiger partial charge in [0.15, 0.2) is 5.02 Å². The molecule has 1 aliphatic heterocycles. The molecule has 0 N–H and O–H groups in total. The monoisotopic (exact) mass is 503 g/mol. The first-order valence-corrected chi connectivity index (χ1v) is 10.9. The minimum Gasteiger partial charge on any atom is -0.471 e. The third-order valence-electron chi connectivity index (χ3n) is 5.58. The smallest absolute Gasteiger partial charge is 0.294 e. The van der Waals surface area contributed by atoms with Crippen LogP contribution in [-0.2, 0) is 11.4 Å². The number of benzene rings is 2. The summed E-state index contributed by atoms with van der Waals surface area (Å²) in [5, 5.41) is -0.353. The van der Waals surface area contributed by atoms with Crippen LogP contribution in [0, 0.1) is 18.6 Å². The van der Waals surface area contributed by atoms with E-state index in [2.05, 4.69) is 4.98 Å². The molecule has 3 aromatic rings. The Morgan fingerprint density at radius 1 is 1.11 bits per heavy atom. The molecule has 0 unspecified atom stereocenters. The molecule has 10 heteroatoms. The summed E-state index contributed by atoms with van der Waals surface area (Å²) in [6.45, 7) is 2.51. The highest BCUT2D eigenvalue weighted by atomic mass is 35.5. The average molecular weight is 504 g/mol. The molecule has 1 amide bonds. The number of amides is 1. The van der Waals surface area contributed by atoms with Crippen LogP contribution in [0.4, 0.5) is 8.78 Å². The molecule has 184 valence electrons. The molecule has 35 heavy (non-hydrogen) atoms. The number of aryl methyl sites for hydroxylation is 1. The predicted octanol–water partition coefficient (Wildman–Crippen LogP) is 4.49. The minimum absolute atomic E-state index is 0. The predicted molar refractivity (Wildman–Crippen MR) is 127 cm³/mol. The van der Waals surface area contributed by atoms with Crippen molar-refractivity contribution in [1.29, 1.82) is 0 Å². The first-order valence-electron chi connectivity index (χ1n) is 10.5. The van der Waals surface area contributed by atoms with Gasteiger partial charge in [-0.05, 0) is 43.5 Å². The van der Waals surface area contributed by atoms with Crippen LogP contribution in [-0.4, -0.2) is 39.2 Å². The number of Topliss-reactive ketones (excluding diaryl/α,β-unsaturated/α-hetero) is 1. The molecule has 0 atom stereocenters. The van der Waals surface area contributed by atoms with Crippen LogP contribution in [0.5, 0.6) is 5.88 Å². The van der Waals surface area contributed by atoms with Crippen LogP contribution in [0.1, 0.15) is 41.8 Å². The molecule has 4 rings (SSSR count). The summed E-state index contributed by atoms with van der Waals surface area (Å²) in [5.74, 6) is -2.98. The largest absolute Gasteiger partial charge is 0.471 e. The van der Waals surface area contributed by atoms with Gasteiger partial charge in [-0.3, -0.25) is 19.0 Å². The molecule has 1 fully saturated rings. The van der Waals surface area contributed by atoms with Gasteiger partial charge in [-0.15, -0.1) is 0 Å². The summed E-state index contributed by atoms with van der Waals surface area (Å²) >= 11 is 6.17. The summed E-state index contributed by atoms with van der Waals surface area (Å²) in [6.07, 6.45) is 2.89. The number of aromatic nitrogens is 2. The Bertz CT molecular complexity index is 1340.